The molecule has 4 nitrogen and oxygen atoms in total. The smallest absolute Gasteiger partial charge is 0.256 e. The third kappa shape index (κ3) is 3.51. The minimum absolute atomic E-state index is 0.108. The van der Waals surface area contributed by atoms with E-state index in [4.69, 9.17) is 0 Å². The summed E-state index contributed by atoms with van der Waals surface area (Å²) in [7, 11) is 0. The van der Waals surface area contributed by atoms with E-state index in [1.807, 2.05) is 42.5 Å². The van der Waals surface area contributed by atoms with Crippen LogP contribution < -0.4 is 5.32 Å². The average Bonchev–Trinajstić information content (AvgIpc) is 3.32. The monoisotopic (exact) mass is 452 g/mol. The third-order valence-corrected chi connectivity index (χ3v) is 8.19. The van der Waals surface area contributed by atoms with E-state index in [0.717, 1.165) is 37.6 Å². The van der Waals surface area contributed by atoms with Crippen LogP contribution in [-0.2, 0) is 12.8 Å². The number of rotatable bonds is 3. The average molecular weight is 453 g/mol. The fraction of sp³-hybridized carbons (Fsp3) is 0.400. The molecule has 1 aliphatic heterocycles. The van der Waals surface area contributed by atoms with Crippen LogP contribution in [0, 0.1) is 10.8 Å². The standard InChI is InChI=1S/C30H32N2O2/c1-29(2)15-23-16-30(3,17-29)18-32(23)28(34)21-9-12-22(13-10-21)31-27(33)25-14-11-20-8-7-19-5-4-6-24(25)26(19)20/h4-6,9-14,23H,7-8,15-18H2,1-3H3,(H,31,33). The summed E-state index contributed by atoms with van der Waals surface area (Å²) in [5.74, 6) is -0.00465. The Balaban J connectivity index is 1.20. The van der Waals surface area contributed by atoms with Gasteiger partial charge in [-0.25, -0.2) is 0 Å². The number of carbonyl (C=O) groups is 2. The largest absolute Gasteiger partial charge is 0.335 e. The van der Waals surface area contributed by atoms with Gasteiger partial charge in [0.2, 0.25) is 0 Å². The zero-order valence-electron chi connectivity index (χ0n) is 20.3. The van der Waals surface area contributed by atoms with E-state index in [1.54, 1.807) is 0 Å². The van der Waals surface area contributed by atoms with Gasteiger partial charge >= 0.3 is 0 Å². The van der Waals surface area contributed by atoms with Crippen LogP contribution >= 0.6 is 0 Å². The molecule has 1 N–H and O–H groups in total. The first kappa shape index (κ1) is 21.4. The number of hydrogen-bond donors (Lipinski definition) is 1. The molecule has 2 fully saturated rings. The molecular weight excluding hydrogens is 420 g/mol. The highest BCUT2D eigenvalue weighted by atomic mass is 16.2. The quantitative estimate of drug-likeness (QED) is 0.512. The van der Waals surface area contributed by atoms with Crippen molar-refractivity contribution in [2.24, 2.45) is 10.8 Å². The second-order valence-electron chi connectivity index (χ2n) is 11.8. The molecule has 3 aliphatic rings. The van der Waals surface area contributed by atoms with Gasteiger partial charge in [0.25, 0.3) is 11.8 Å². The number of benzene rings is 3. The summed E-state index contributed by atoms with van der Waals surface area (Å²) >= 11 is 0. The van der Waals surface area contributed by atoms with Gasteiger partial charge in [-0.3, -0.25) is 9.59 Å². The van der Waals surface area contributed by atoms with Gasteiger partial charge in [0.15, 0.2) is 0 Å². The Morgan fingerprint density at radius 1 is 0.912 bits per heavy atom. The van der Waals surface area contributed by atoms with Gasteiger partial charge in [-0.2, -0.15) is 0 Å². The molecule has 1 saturated heterocycles. The van der Waals surface area contributed by atoms with Gasteiger partial charge in [0.05, 0.1) is 0 Å². The summed E-state index contributed by atoms with van der Waals surface area (Å²) < 4.78 is 0. The van der Waals surface area contributed by atoms with Crippen molar-refractivity contribution in [1.29, 1.82) is 0 Å². The van der Waals surface area contributed by atoms with Crippen molar-refractivity contribution in [2.45, 2.75) is 58.9 Å². The maximum atomic E-state index is 13.4. The van der Waals surface area contributed by atoms with Gasteiger partial charge in [-0.05, 0) is 95.2 Å². The molecule has 0 aromatic heterocycles. The molecule has 0 spiro atoms. The summed E-state index contributed by atoms with van der Waals surface area (Å²) in [4.78, 5) is 28.6. The second-order valence-corrected chi connectivity index (χ2v) is 11.8. The number of fused-ring (bicyclic) bond motifs is 2. The Labute approximate surface area is 201 Å². The van der Waals surface area contributed by atoms with Crippen LogP contribution in [0.5, 0.6) is 0 Å². The van der Waals surface area contributed by atoms with E-state index >= 15 is 0 Å². The number of nitrogens with one attached hydrogen (secondary N) is 1. The highest BCUT2D eigenvalue weighted by Crippen LogP contribution is 2.52. The Kier molecular flexibility index (Phi) is 4.68. The predicted octanol–water partition coefficient (Wildman–Crippen LogP) is 6.23. The van der Waals surface area contributed by atoms with Crippen molar-refractivity contribution in [3.63, 3.8) is 0 Å². The first-order chi connectivity index (χ1) is 16.2. The van der Waals surface area contributed by atoms with E-state index in [0.29, 0.717) is 22.9 Å². The molecule has 0 radical (unpaired) electrons. The van der Waals surface area contributed by atoms with Crippen molar-refractivity contribution in [3.05, 3.63) is 76.9 Å². The molecule has 1 heterocycles. The fourth-order valence-corrected chi connectivity index (χ4v) is 7.20. The maximum Gasteiger partial charge on any atom is 0.256 e. The van der Waals surface area contributed by atoms with Gasteiger partial charge in [0, 0.05) is 29.4 Å². The highest BCUT2D eigenvalue weighted by molar-refractivity contribution is 6.14. The number of carbonyl (C=O) groups excluding carboxylic acids is 2. The normalized spacial score (nSPS) is 24.4. The van der Waals surface area contributed by atoms with E-state index in [1.165, 1.54) is 22.9 Å². The first-order valence-electron chi connectivity index (χ1n) is 12.5. The Morgan fingerprint density at radius 2 is 1.65 bits per heavy atom. The fourth-order valence-electron chi connectivity index (χ4n) is 7.20. The number of amides is 2. The Morgan fingerprint density at radius 3 is 2.41 bits per heavy atom. The lowest BCUT2D eigenvalue weighted by molar-refractivity contribution is 0.0708. The zero-order valence-corrected chi connectivity index (χ0v) is 20.3. The van der Waals surface area contributed by atoms with Crippen molar-refractivity contribution < 1.29 is 9.59 Å². The number of aryl methyl sites for hydroxylation is 2. The SMILES string of the molecule is CC1(C)CC2CC(C)(CN2C(=O)c2ccc(NC(=O)c3ccc4c5c(cccc35)CC4)cc2)C1. The summed E-state index contributed by atoms with van der Waals surface area (Å²) in [5, 5.41) is 5.30. The lowest BCUT2D eigenvalue weighted by Gasteiger charge is -2.39. The maximum absolute atomic E-state index is 13.4. The summed E-state index contributed by atoms with van der Waals surface area (Å²) in [6, 6.07) is 18.0. The van der Waals surface area contributed by atoms with Crippen LogP contribution in [0.15, 0.2) is 54.6 Å². The molecule has 2 unspecified atom stereocenters. The highest BCUT2D eigenvalue weighted by Gasteiger charge is 2.51. The summed E-state index contributed by atoms with van der Waals surface area (Å²) in [6.07, 6.45) is 5.42. The predicted molar refractivity (Wildman–Crippen MR) is 136 cm³/mol. The van der Waals surface area contributed by atoms with Crippen molar-refractivity contribution in [2.75, 3.05) is 11.9 Å². The molecule has 2 aliphatic carbocycles. The molecule has 34 heavy (non-hydrogen) atoms. The minimum Gasteiger partial charge on any atom is -0.335 e. The van der Waals surface area contributed by atoms with Crippen LogP contribution in [0.4, 0.5) is 5.69 Å². The van der Waals surface area contributed by atoms with Gasteiger partial charge < -0.3 is 10.2 Å². The van der Waals surface area contributed by atoms with Gasteiger partial charge in [0.1, 0.15) is 0 Å². The van der Waals surface area contributed by atoms with Crippen LogP contribution in [0.1, 0.15) is 71.9 Å². The lowest BCUT2D eigenvalue weighted by Crippen LogP contribution is -2.37. The molecule has 3 aromatic rings. The summed E-state index contributed by atoms with van der Waals surface area (Å²) in [6.45, 7) is 7.81. The Hall–Kier alpha value is -3.14. The van der Waals surface area contributed by atoms with Crippen molar-refractivity contribution in [1.82, 2.24) is 4.90 Å². The minimum atomic E-state index is -0.113. The van der Waals surface area contributed by atoms with E-state index in [2.05, 4.69) is 43.1 Å². The number of anilines is 1. The second kappa shape index (κ2) is 7.43. The molecule has 3 aromatic carbocycles. The number of nitrogens with zero attached hydrogens (tertiary/aromatic N) is 1. The molecule has 2 bridgehead atoms. The van der Waals surface area contributed by atoms with Crippen LogP contribution in [0.2, 0.25) is 0 Å². The lowest BCUT2D eigenvalue weighted by atomic mass is 9.65. The van der Waals surface area contributed by atoms with Crippen LogP contribution in [0.3, 0.4) is 0 Å². The first-order valence-corrected chi connectivity index (χ1v) is 12.5. The number of hydrogen-bond acceptors (Lipinski definition) is 2. The summed E-state index contributed by atoms with van der Waals surface area (Å²) in [5.41, 5.74) is 5.25. The van der Waals surface area contributed by atoms with E-state index < -0.39 is 0 Å². The molecule has 2 amide bonds. The van der Waals surface area contributed by atoms with Gasteiger partial charge in [-0.15, -0.1) is 0 Å². The molecule has 1 saturated carbocycles. The van der Waals surface area contributed by atoms with Gasteiger partial charge in [-0.1, -0.05) is 45.0 Å². The van der Waals surface area contributed by atoms with Crippen molar-refractivity contribution >= 4 is 28.3 Å². The van der Waals surface area contributed by atoms with E-state index in [-0.39, 0.29) is 22.6 Å². The van der Waals surface area contributed by atoms with Crippen molar-refractivity contribution in [3.8, 4) is 0 Å². The molecule has 4 heteroatoms. The third-order valence-electron chi connectivity index (χ3n) is 8.19. The molecule has 174 valence electrons. The topological polar surface area (TPSA) is 49.4 Å². The molecule has 6 rings (SSSR count). The molecular formula is C30H32N2O2. The van der Waals surface area contributed by atoms with E-state index in [9.17, 15) is 9.59 Å². The van der Waals surface area contributed by atoms with Crippen LogP contribution in [-0.4, -0.2) is 29.3 Å². The zero-order chi connectivity index (χ0) is 23.7. The number of likely N-dealkylation sites (tertiary alicyclic amines) is 1. The van der Waals surface area contributed by atoms with Crippen LogP contribution in [0.25, 0.3) is 10.8 Å². The molecule has 2 atom stereocenters. The Bertz CT molecular complexity index is 1310.